The number of aliphatic hydroxyl groups is 1. The molecule has 0 fully saturated rings. The average Bonchev–Trinajstić information content (AvgIpc) is 2.71. The van der Waals surface area contributed by atoms with Crippen LogP contribution in [-0.2, 0) is 4.79 Å². The first-order valence-corrected chi connectivity index (χ1v) is 10.2. The lowest BCUT2D eigenvalue weighted by atomic mass is 9.74. The van der Waals surface area contributed by atoms with E-state index in [1.807, 2.05) is 56.3 Å². The van der Waals surface area contributed by atoms with Crippen LogP contribution in [-0.4, -0.2) is 46.0 Å². The summed E-state index contributed by atoms with van der Waals surface area (Å²) < 4.78 is 0. The Labute approximate surface area is 178 Å². The number of rotatable bonds is 10. The third kappa shape index (κ3) is 6.80. The van der Waals surface area contributed by atoms with Crippen LogP contribution in [0.25, 0.3) is 11.1 Å². The molecule has 3 atom stereocenters. The largest absolute Gasteiger partial charge is 0.475 e. The molecule has 0 aromatic heterocycles. The van der Waals surface area contributed by atoms with Gasteiger partial charge in [-0.3, -0.25) is 9.59 Å². The van der Waals surface area contributed by atoms with Gasteiger partial charge in [-0.15, -0.1) is 0 Å². The molecular formula is C23H30BNO5. The van der Waals surface area contributed by atoms with Gasteiger partial charge in [-0.1, -0.05) is 68.4 Å². The number of Topliss-reactive ketones (excluding diaryl/α,β-unsaturated/α-hetero) is 1. The first kappa shape index (κ1) is 23.8. The number of benzene rings is 2. The van der Waals surface area contributed by atoms with Gasteiger partial charge in [0, 0.05) is 12.0 Å². The van der Waals surface area contributed by atoms with Crippen molar-refractivity contribution in [1.82, 2.24) is 5.32 Å². The monoisotopic (exact) mass is 411 g/mol. The highest BCUT2D eigenvalue weighted by Gasteiger charge is 2.32. The van der Waals surface area contributed by atoms with Crippen molar-refractivity contribution >= 4 is 18.8 Å². The third-order valence-corrected chi connectivity index (χ3v) is 5.05. The Balaban J connectivity index is 2.08. The Morgan fingerprint density at radius 3 is 2.00 bits per heavy atom. The number of carbonyl (C=O) groups is 2. The number of aliphatic hydroxyl groups excluding tert-OH is 1. The summed E-state index contributed by atoms with van der Waals surface area (Å²) in [7, 11) is -1.72. The van der Waals surface area contributed by atoms with E-state index in [1.54, 1.807) is 12.1 Å². The highest BCUT2D eigenvalue weighted by atomic mass is 16.4. The zero-order chi connectivity index (χ0) is 22.3. The van der Waals surface area contributed by atoms with Crippen molar-refractivity contribution in [3.63, 3.8) is 0 Å². The molecule has 2 rings (SSSR count). The van der Waals surface area contributed by atoms with Gasteiger partial charge in [0.1, 0.15) is 0 Å². The fourth-order valence-corrected chi connectivity index (χ4v) is 3.33. The molecule has 0 saturated carbocycles. The standard InChI is InChI=1S/C23H30BNO5/c1-15(2)13-22(24(29)30)25-23(28)20(16(3)26)14-21(27)19-11-9-18(10-12-19)17-7-5-4-6-8-17/h4-12,15-16,20,22,26,29-30H,13-14H2,1-3H3,(H,25,28)/t16-,20+,22+/m1/s1. The lowest BCUT2D eigenvalue weighted by molar-refractivity contribution is -0.128. The molecule has 4 N–H and O–H groups in total. The van der Waals surface area contributed by atoms with E-state index in [-0.39, 0.29) is 18.1 Å². The number of hydrogen-bond donors (Lipinski definition) is 4. The lowest BCUT2D eigenvalue weighted by Gasteiger charge is -2.24. The lowest BCUT2D eigenvalue weighted by Crippen LogP contribution is -2.50. The van der Waals surface area contributed by atoms with E-state index in [0.29, 0.717) is 12.0 Å². The molecule has 0 saturated heterocycles. The van der Waals surface area contributed by atoms with Crippen molar-refractivity contribution in [2.45, 2.75) is 45.7 Å². The fraction of sp³-hybridized carbons (Fsp3) is 0.391. The molecule has 6 nitrogen and oxygen atoms in total. The van der Waals surface area contributed by atoms with Crippen LogP contribution in [0.3, 0.4) is 0 Å². The molecule has 2 aromatic rings. The van der Waals surface area contributed by atoms with Crippen LogP contribution in [0.5, 0.6) is 0 Å². The van der Waals surface area contributed by atoms with Gasteiger partial charge in [-0.2, -0.15) is 0 Å². The molecule has 0 heterocycles. The Bertz CT molecular complexity index is 821. The maximum atomic E-state index is 12.7. The van der Waals surface area contributed by atoms with Crippen LogP contribution >= 0.6 is 0 Å². The number of nitrogens with one attached hydrogen (secondary N) is 1. The SMILES string of the molecule is CC(C)C[C@H](NC(=O)[C@@H](CC(=O)c1ccc(-c2ccccc2)cc1)[C@@H](C)O)B(O)O. The Morgan fingerprint density at radius 1 is 0.933 bits per heavy atom. The summed E-state index contributed by atoms with van der Waals surface area (Å²) in [6.07, 6.45) is -0.873. The minimum atomic E-state index is -1.72. The van der Waals surface area contributed by atoms with Gasteiger partial charge in [-0.25, -0.2) is 0 Å². The number of hydrogen-bond acceptors (Lipinski definition) is 5. The number of carbonyl (C=O) groups excluding carboxylic acids is 2. The first-order valence-electron chi connectivity index (χ1n) is 10.2. The summed E-state index contributed by atoms with van der Waals surface area (Å²) in [5.74, 6) is -2.55. The van der Waals surface area contributed by atoms with E-state index in [0.717, 1.165) is 11.1 Å². The van der Waals surface area contributed by atoms with Crippen LogP contribution in [0.2, 0.25) is 0 Å². The van der Waals surface area contributed by atoms with Crippen LogP contribution in [0.15, 0.2) is 54.6 Å². The summed E-state index contributed by atoms with van der Waals surface area (Å²) in [6.45, 7) is 5.25. The quantitative estimate of drug-likeness (QED) is 0.355. The molecule has 0 radical (unpaired) electrons. The predicted octanol–water partition coefficient (Wildman–Crippen LogP) is 2.47. The molecule has 0 aliphatic rings. The fourth-order valence-electron chi connectivity index (χ4n) is 3.33. The molecule has 1 amide bonds. The van der Waals surface area contributed by atoms with Gasteiger partial charge in [0.25, 0.3) is 0 Å². The second-order valence-corrected chi connectivity index (χ2v) is 8.08. The van der Waals surface area contributed by atoms with Gasteiger partial charge in [0.15, 0.2) is 5.78 Å². The van der Waals surface area contributed by atoms with Crippen LogP contribution < -0.4 is 5.32 Å². The van der Waals surface area contributed by atoms with Gasteiger partial charge >= 0.3 is 7.12 Å². The molecule has 30 heavy (non-hydrogen) atoms. The second-order valence-electron chi connectivity index (χ2n) is 8.08. The summed E-state index contributed by atoms with van der Waals surface area (Å²) in [4.78, 5) is 25.4. The van der Waals surface area contributed by atoms with Gasteiger partial charge in [0.05, 0.1) is 18.0 Å². The zero-order valence-electron chi connectivity index (χ0n) is 17.7. The third-order valence-electron chi connectivity index (χ3n) is 5.05. The summed E-state index contributed by atoms with van der Waals surface area (Å²) >= 11 is 0. The van der Waals surface area contributed by atoms with E-state index in [2.05, 4.69) is 5.32 Å². The summed E-state index contributed by atoms with van der Waals surface area (Å²) in [5, 5.41) is 31.7. The van der Waals surface area contributed by atoms with Crippen LogP contribution in [0, 0.1) is 11.8 Å². The number of ketones is 1. The molecule has 2 aromatic carbocycles. The summed E-state index contributed by atoms with van der Waals surface area (Å²) in [5.41, 5.74) is 2.47. The smallest absolute Gasteiger partial charge is 0.426 e. The summed E-state index contributed by atoms with van der Waals surface area (Å²) in [6, 6.07) is 16.9. The highest BCUT2D eigenvalue weighted by Crippen LogP contribution is 2.21. The molecule has 160 valence electrons. The average molecular weight is 411 g/mol. The van der Waals surface area contributed by atoms with E-state index in [4.69, 9.17) is 0 Å². The Hall–Kier alpha value is -2.48. The molecule has 7 heteroatoms. The van der Waals surface area contributed by atoms with Crippen LogP contribution in [0.4, 0.5) is 0 Å². The van der Waals surface area contributed by atoms with Crippen molar-refractivity contribution in [1.29, 1.82) is 0 Å². The molecule has 0 bridgehead atoms. The topological polar surface area (TPSA) is 107 Å². The maximum absolute atomic E-state index is 12.7. The maximum Gasteiger partial charge on any atom is 0.475 e. The van der Waals surface area contributed by atoms with E-state index in [9.17, 15) is 24.7 Å². The van der Waals surface area contributed by atoms with E-state index >= 15 is 0 Å². The minimum Gasteiger partial charge on any atom is -0.426 e. The molecule has 0 unspecified atom stereocenters. The second kappa shape index (κ2) is 11.1. The van der Waals surface area contributed by atoms with Gasteiger partial charge in [-0.05, 0) is 30.4 Å². The highest BCUT2D eigenvalue weighted by molar-refractivity contribution is 6.43. The predicted molar refractivity (Wildman–Crippen MR) is 118 cm³/mol. The van der Waals surface area contributed by atoms with E-state index < -0.39 is 31.0 Å². The van der Waals surface area contributed by atoms with Crippen molar-refractivity contribution in [2.75, 3.05) is 0 Å². The van der Waals surface area contributed by atoms with Crippen molar-refractivity contribution in [2.24, 2.45) is 11.8 Å². The Morgan fingerprint density at radius 2 is 1.50 bits per heavy atom. The zero-order valence-corrected chi connectivity index (χ0v) is 17.7. The normalized spacial score (nSPS) is 14.1. The molecule has 0 aliphatic carbocycles. The van der Waals surface area contributed by atoms with Crippen LogP contribution in [0.1, 0.15) is 44.0 Å². The molecule has 0 spiro atoms. The minimum absolute atomic E-state index is 0.131. The van der Waals surface area contributed by atoms with Crippen molar-refractivity contribution in [3.05, 3.63) is 60.2 Å². The van der Waals surface area contributed by atoms with E-state index in [1.165, 1.54) is 6.92 Å². The van der Waals surface area contributed by atoms with Crippen molar-refractivity contribution in [3.8, 4) is 11.1 Å². The van der Waals surface area contributed by atoms with Gasteiger partial charge in [0.2, 0.25) is 5.91 Å². The number of amides is 1. The molecule has 0 aliphatic heterocycles. The van der Waals surface area contributed by atoms with Crippen molar-refractivity contribution < 1.29 is 24.7 Å². The Kier molecular flexibility index (Phi) is 8.78. The molecular weight excluding hydrogens is 381 g/mol. The first-order chi connectivity index (χ1) is 14.2. The van der Waals surface area contributed by atoms with Gasteiger partial charge < -0.3 is 20.5 Å².